The summed E-state index contributed by atoms with van der Waals surface area (Å²) < 4.78 is 0. The number of thioether (sulfide) groups is 1. The molecule has 5 heteroatoms. The molecule has 0 bridgehead atoms. The number of benzene rings is 1. The maximum atomic E-state index is 5.83. The number of pyridine rings is 1. The number of para-hydroxylation sites is 1. The molecule has 112 valence electrons. The van der Waals surface area contributed by atoms with Crippen LogP contribution in [0.1, 0.15) is 24.8 Å². The first-order chi connectivity index (χ1) is 10.2. The standard InChI is InChI=1S/C16H21N3S2/c1-21-10-6-2-5-9-18-15-11-13(16(17)20)12-7-3-4-8-14(12)19-15/h3-4,7-8,11H,2,5-6,9-10H2,1H3,(H2,17,20)(H,18,19). The summed E-state index contributed by atoms with van der Waals surface area (Å²) >= 11 is 7.05. The SMILES string of the molecule is CSCCCCCNc1cc(C(N)=S)c2ccccc2n1. The summed E-state index contributed by atoms with van der Waals surface area (Å²) in [4.78, 5) is 5.04. The van der Waals surface area contributed by atoms with Gasteiger partial charge < -0.3 is 11.1 Å². The summed E-state index contributed by atoms with van der Waals surface area (Å²) in [5, 5.41) is 4.39. The molecule has 1 aromatic heterocycles. The molecule has 0 saturated carbocycles. The minimum absolute atomic E-state index is 0.414. The second-order valence-corrected chi connectivity index (χ2v) is 6.34. The fourth-order valence-electron chi connectivity index (χ4n) is 2.23. The van der Waals surface area contributed by atoms with Crippen molar-refractivity contribution in [3.8, 4) is 0 Å². The van der Waals surface area contributed by atoms with Crippen LogP contribution >= 0.6 is 24.0 Å². The smallest absolute Gasteiger partial charge is 0.127 e. The van der Waals surface area contributed by atoms with Crippen molar-refractivity contribution in [1.29, 1.82) is 0 Å². The number of aromatic nitrogens is 1. The minimum Gasteiger partial charge on any atom is -0.389 e. The van der Waals surface area contributed by atoms with E-state index in [1.54, 1.807) is 0 Å². The molecule has 0 aliphatic heterocycles. The number of nitrogens with two attached hydrogens (primary N) is 1. The third kappa shape index (κ3) is 4.58. The van der Waals surface area contributed by atoms with Gasteiger partial charge in [-0.05, 0) is 37.0 Å². The highest BCUT2D eigenvalue weighted by Gasteiger charge is 2.07. The second-order valence-electron chi connectivity index (χ2n) is 4.92. The third-order valence-electron chi connectivity index (χ3n) is 3.31. The lowest BCUT2D eigenvalue weighted by molar-refractivity contribution is 0.748. The van der Waals surface area contributed by atoms with E-state index in [1.807, 2.05) is 42.1 Å². The molecule has 0 aliphatic rings. The monoisotopic (exact) mass is 319 g/mol. The molecular weight excluding hydrogens is 298 g/mol. The van der Waals surface area contributed by atoms with E-state index in [0.717, 1.165) is 35.2 Å². The van der Waals surface area contributed by atoms with E-state index in [0.29, 0.717) is 4.99 Å². The van der Waals surface area contributed by atoms with Crippen LogP contribution in [0.25, 0.3) is 10.9 Å². The molecule has 21 heavy (non-hydrogen) atoms. The summed E-state index contributed by atoms with van der Waals surface area (Å²) in [5.41, 5.74) is 7.65. The number of hydrogen-bond acceptors (Lipinski definition) is 4. The molecule has 1 aromatic carbocycles. The third-order valence-corrected chi connectivity index (χ3v) is 4.23. The Morgan fingerprint density at radius 3 is 2.86 bits per heavy atom. The van der Waals surface area contributed by atoms with E-state index >= 15 is 0 Å². The van der Waals surface area contributed by atoms with E-state index in [2.05, 4.69) is 16.6 Å². The first kappa shape index (κ1) is 16.0. The van der Waals surface area contributed by atoms with Gasteiger partial charge in [-0.3, -0.25) is 0 Å². The molecule has 3 nitrogen and oxygen atoms in total. The molecule has 0 fully saturated rings. The first-order valence-corrected chi connectivity index (χ1v) is 8.95. The van der Waals surface area contributed by atoms with Crippen molar-refractivity contribution in [3.63, 3.8) is 0 Å². The number of thiocarbonyl (C=S) groups is 1. The predicted molar refractivity (Wildman–Crippen MR) is 98.4 cm³/mol. The Morgan fingerprint density at radius 1 is 1.29 bits per heavy atom. The highest BCUT2D eigenvalue weighted by atomic mass is 32.2. The molecule has 0 atom stereocenters. The average molecular weight is 319 g/mol. The molecule has 0 unspecified atom stereocenters. The lowest BCUT2D eigenvalue weighted by Gasteiger charge is -2.10. The van der Waals surface area contributed by atoms with Crippen molar-refractivity contribution >= 4 is 45.7 Å². The number of unbranched alkanes of at least 4 members (excludes halogenated alkanes) is 2. The quantitative estimate of drug-likeness (QED) is 0.572. The van der Waals surface area contributed by atoms with Crippen LogP contribution in [0.5, 0.6) is 0 Å². The van der Waals surface area contributed by atoms with E-state index in [-0.39, 0.29) is 0 Å². The van der Waals surface area contributed by atoms with Crippen LogP contribution in [0.3, 0.4) is 0 Å². The van der Waals surface area contributed by atoms with Gasteiger partial charge in [-0.1, -0.05) is 36.8 Å². The van der Waals surface area contributed by atoms with Crippen LogP contribution in [0.15, 0.2) is 30.3 Å². The summed E-state index contributed by atoms with van der Waals surface area (Å²) in [6, 6.07) is 9.89. The molecular formula is C16H21N3S2. The van der Waals surface area contributed by atoms with Crippen LogP contribution in [-0.4, -0.2) is 28.5 Å². The zero-order valence-electron chi connectivity index (χ0n) is 12.3. The van der Waals surface area contributed by atoms with Gasteiger partial charge in [0.2, 0.25) is 0 Å². The van der Waals surface area contributed by atoms with Gasteiger partial charge in [0, 0.05) is 17.5 Å². The topological polar surface area (TPSA) is 50.9 Å². The Balaban J connectivity index is 2.05. The summed E-state index contributed by atoms with van der Waals surface area (Å²) in [5.74, 6) is 2.08. The van der Waals surface area contributed by atoms with Gasteiger partial charge in [0.1, 0.15) is 10.8 Å². The molecule has 3 N–H and O–H groups in total. The van der Waals surface area contributed by atoms with Crippen molar-refractivity contribution < 1.29 is 0 Å². The van der Waals surface area contributed by atoms with Crippen molar-refractivity contribution in [2.24, 2.45) is 5.73 Å². The molecule has 0 spiro atoms. The van der Waals surface area contributed by atoms with E-state index in [4.69, 9.17) is 18.0 Å². The molecule has 0 saturated heterocycles. The number of rotatable bonds is 8. The van der Waals surface area contributed by atoms with Gasteiger partial charge in [-0.25, -0.2) is 4.98 Å². The minimum atomic E-state index is 0.414. The van der Waals surface area contributed by atoms with Gasteiger partial charge in [-0.2, -0.15) is 11.8 Å². The number of nitrogens with one attached hydrogen (secondary N) is 1. The normalized spacial score (nSPS) is 10.7. The van der Waals surface area contributed by atoms with Gasteiger partial charge in [0.25, 0.3) is 0 Å². The van der Waals surface area contributed by atoms with Gasteiger partial charge in [0.05, 0.1) is 5.52 Å². The number of fused-ring (bicyclic) bond motifs is 1. The predicted octanol–water partition coefficient (Wildman–Crippen LogP) is 3.81. The van der Waals surface area contributed by atoms with E-state index in [9.17, 15) is 0 Å². The molecule has 2 rings (SSSR count). The Bertz CT molecular complexity index is 613. The molecule has 1 heterocycles. The lowest BCUT2D eigenvalue weighted by Crippen LogP contribution is -2.12. The maximum Gasteiger partial charge on any atom is 0.127 e. The maximum absolute atomic E-state index is 5.83. The largest absolute Gasteiger partial charge is 0.389 e. The Morgan fingerprint density at radius 2 is 2.10 bits per heavy atom. The summed E-state index contributed by atoms with van der Waals surface area (Å²) in [7, 11) is 0. The van der Waals surface area contributed by atoms with Crippen LogP contribution in [0.4, 0.5) is 5.82 Å². The fraction of sp³-hybridized carbons (Fsp3) is 0.375. The highest BCUT2D eigenvalue weighted by molar-refractivity contribution is 7.98. The fourth-order valence-corrected chi connectivity index (χ4v) is 2.90. The summed E-state index contributed by atoms with van der Waals surface area (Å²) in [6.45, 7) is 0.927. The van der Waals surface area contributed by atoms with Gasteiger partial charge in [-0.15, -0.1) is 0 Å². The van der Waals surface area contributed by atoms with Crippen LogP contribution in [-0.2, 0) is 0 Å². The molecule has 0 aliphatic carbocycles. The second kappa shape index (κ2) is 8.20. The van der Waals surface area contributed by atoms with Crippen molar-refractivity contribution in [3.05, 3.63) is 35.9 Å². The number of anilines is 1. The first-order valence-electron chi connectivity index (χ1n) is 7.15. The van der Waals surface area contributed by atoms with Crippen molar-refractivity contribution in [2.45, 2.75) is 19.3 Å². The Kier molecular flexibility index (Phi) is 6.26. The zero-order valence-corrected chi connectivity index (χ0v) is 13.9. The van der Waals surface area contributed by atoms with Crippen LogP contribution in [0.2, 0.25) is 0 Å². The number of hydrogen-bond donors (Lipinski definition) is 2. The molecule has 2 aromatic rings. The van der Waals surface area contributed by atoms with Crippen LogP contribution < -0.4 is 11.1 Å². The summed E-state index contributed by atoms with van der Waals surface area (Å²) in [6.07, 6.45) is 5.81. The molecule has 0 amide bonds. The van der Waals surface area contributed by atoms with Crippen molar-refractivity contribution in [2.75, 3.05) is 23.9 Å². The zero-order chi connectivity index (χ0) is 15.1. The lowest BCUT2D eigenvalue weighted by atomic mass is 10.1. The van der Waals surface area contributed by atoms with Gasteiger partial charge >= 0.3 is 0 Å². The van der Waals surface area contributed by atoms with Crippen molar-refractivity contribution in [1.82, 2.24) is 4.98 Å². The Labute approximate surface area is 135 Å². The number of nitrogens with zero attached hydrogens (tertiary/aromatic N) is 1. The van der Waals surface area contributed by atoms with E-state index < -0.39 is 0 Å². The van der Waals surface area contributed by atoms with Gasteiger partial charge in [0.15, 0.2) is 0 Å². The van der Waals surface area contributed by atoms with Crippen LogP contribution in [0, 0.1) is 0 Å². The average Bonchev–Trinajstić information content (AvgIpc) is 2.49. The van der Waals surface area contributed by atoms with E-state index in [1.165, 1.54) is 18.6 Å². The Hall–Kier alpha value is -1.33. The molecule has 0 radical (unpaired) electrons. The highest BCUT2D eigenvalue weighted by Crippen LogP contribution is 2.20.